The quantitative estimate of drug-likeness (QED) is 0.640. The number of nitrogens with two attached hydrogens (primary N) is 1. The van der Waals surface area contributed by atoms with Gasteiger partial charge >= 0.3 is 0 Å². The smallest absolute Gasteiger partial charge is 0.184 e. The van der Waals surface area contributed by atoms with Crippen molar-refractivity contribution in [1.29, 1.82) is 0 Å². The zero-order chi connectivity index (χ0) is 12.4. The molecule has 0 fully saturated rings. The molecular formula is C12H9F2IN2. The monoisotopic (exact) mass is 346 g/mol. The summed E-state index contributed by atoms with van der Waals surface area (Å²) >= 11 is 2.13. The number of halogens is 3. The molecule has 88 valence electrons. The second-order valence-corrected chi connectivity index (χ2v) is 4.71. The van der Waals surface area contributed by atoms with Crippen LogP contribution in [0.25, 0.3) is 0 Å². The number of benzene rings is 2. The van der Waals surface area contributed by atoms with E-state index < -0.39 is 11.6 Å². The van der Waals surface area contributed by atoms with Crippen molar-refractivity contribution < 1.29 is 8.78 Å². The lowest BCUT2D eigenvalue weighted by Crippen LogP contribution is -2.01. The molecule has 0 saturated carbocycles. The van der Waals surface area contributed by atoms with E-state index in [1.54, 1.807) is 6.07 Å². The molecular weight excluding hydrogens is 337 g/mol. The van der Waals surface area contributed by atoms with Gasteiger partial charge in [-0.05, 0) is 52.9 Å². The van der Waals surface area contributed by atoms with Gasteiger partial charge in [-0.2, -0.15) is 0 Å². The van der Waals surface area contributed by atoms with Gasteiger partial charge in [0.05, 0.1) is 5.69 Å². The molecule has 2 aromatic rings. The van der Waals surface area contributed by atoms with Gasteiger partial charge in [0.15, 0.2) is 11.6 Å². The Hall–Kier alpha value is -1.37. The van der Waals surface area contributed by atoms with Gasteiger partial charge in [0.1, 0.15) is 5.69 Å². The Balaban J connectivity index is 2.39. The van der Waals surface area contributed by atoms with Crippen LogP contribution < -0.4 is 11.1 Å². The largest absolute Gasteiger partial charge is 0.397 e. The first-order valence-electron chi connectivity index (χ1n) is 4.84. The third-order valence-electron chi connectivity index (χ3n) is 2.22. The van der Waals surface area contributed by atoms with Gasteiger partial charge in [0.2, 0.25) is 0 Å². The number of anilines is 3. The fraction of sp³-hybridized carbons (Fsp3) is 0. The first-order valence-corrected chi connectivity index (χ1v) is 5.92. The van der Waals surface area contributed by atoms with E-state index in [-0.39, 0.29) is 11.4 Å². The topological polar surface area (TPSA) is 38.0 Å². The third-order valence-corrected chi connectivity index (χ3v) is 2.89. The maximum absolute atomic E-state index is 13.5. The van der Waals surface area contributed by atoms with Crippen molar-refractivity contribution in [2.45, 2.75) is 0 Å². The molecule has 3 N–H and O–H groups in total. The fourth-order valence-corrected chi connectivity index (χ4v) is 1.95. The first-order chi connectivity index (χ1) is 8.08. The minimum absolute atomic E-state index is 0.0352. The summed E-state index contributed by atoms with van der Waals surface area (Å²) in [7, 11) is 0. The molecule has 0 aromatic heterocycles. The van der Waals surface area contributed by atoms with Crippen LogP contribution in [0.5, 0.6) is 0 Å². The summed E-state index contributed by atoms with van der Waals surface area (Å²) in [5.41, 5.74) is 6.40. The zero-order valence-corrected chi connectivity index (χ0v) is 10.8. The van der Waals surface area contributed by atoms with Crippen LogP contribution in [0.1, 0.15) is 0 Å². The Bertz CT molecular complexity index is 558. The van der Waals surface area contributed by atoms with Gasteiger partial charge in [-0.3, -0.25) is 0 Å². The molecule has 0 aliphatic rings. The molecule has 0 amide bonds. The molecule has 0 spiro atoms. The molecule has 2 nitrogen and oxygen atoms in total. The summed E-state index contributed by atoms with van der Waals surface area (Å²) in [4.78, 5) is 0. The van der Waals surface area contributed by atoms with Crippen molar-refractivity contribution in [1.82, 2.24) is 0 Å². The molecule has 0 unspecified atom stereocenters. The average Bonchev–Trinajstić information content (AvgIpc) is 2.30. The first kappa shape index (κ1) is 12.1. The predicted molar refractivity (Wildman–Crippen MR) is 73.2 cm³/mol. The normalized spacial score (nSPS) is 10.3. The second-order valence-electron chi connectivity index (χ2n) is 3.46. The molecule has 0 heterocycles. The lowest BCUT2D eigenvalue weighted by molar-refractivity contribution is 0.512. The van der Waals surface area contributed by atoms with E-state index in [0.29, 0.717) is 5.69 Å². The molecule has 0 atom stereocenters. The van der Waals surface area contributed by atoms with Crippen LogP contribution in [0.2, 0.25) is 0 Å². The minimum Gasteiger partial charge on any atom is -0.397 e. The van der Waals surface area contributed by atoms with Crippen molar-refractivity contribution in [3.05, 3.63) is 51.6 Å². The van der Waals surface area contributed by atoms with Crippen LogP contribution in [0.15, 0.2) is 36.4 Å². The van der Waals surface area contributed by atoms with Crippen molar-refractivity contribution in [3.8, 4) is 0 Å². The number of nitrogen functional groups attached to an aromatic ring is 1. The van der Waals surface area contributed by atoms with Crippen LogP contribution >= 0.6 is 22.6 Å². The van der Waals surface area contributed by atoms with E-state index in [9.17, 15) is 8.78 Å². The van der Waals surface area contributed by atoms with Crippen LogP contribution in [0.3, 0.4) is 0 Å². The maximum atomic E-state index is 13.5. The minimum atomic E-state index is -0.969. The molecule has 0 radical (unpaired) electrons. The van der Waals surface area contributed by atoms with E-state index in [1.165, 1.54) is 6.07 Å². The summed E-state index contributed by atoms with van der Waals surface area (Å²) in [6.07, 6.45) is 0. The van der Waals surface area contributed by atoms with E-state index in [4.69, 9.17) is 5.73 Å². The highest BCUT2D eigenvalue weighted by atomic mass is 127. The van der Waals surface area contributed by atoms with E-state index >= 15 is 0 Å². The highest BCUT2D eigenvalue weighted by molar-refractivity contribution is 14.1. The highest BCUT2D eigenvalue weighted by Crippen LogP contribution is 2.28. The Morgan fingerprint density at radius 1 is 1.12 bits per heavy atom. The van der Waals surface area contributed by atoms with Crippen LogP contribution in [0, 0.1) is 15.2 Å². The van der Waals surface area contributed by atoms with Crippen molar-refractivity contribution in [2.75, 3.05) is 11.1 Å². The van der Waals surface area contributed by atoms with Gasteiger partial charge in [-0.1, -0.05) is 6.07 Å². The predicted octanol–water partition coefficient (Wildman–Crippen LogP) is 3.90. The van der Waals surface area contributed by atoms with Crippen molar-refractivity contribution in [3.63, 3.8) is 0 Å². The fourth-order valence-electron chi connectivity index (χ4n) is 1.40. The Morgan fingerprint density at radius 2 is 1.88 bits per heavy atom. The number of hydrogen-bond donors (Lipinski definition) is 2. The molecule has 17 heavy (non-hydrogen) atoms. The number of nitrogens with one attached hydrogen (secondary N) is 1. The van der Waals surface area contributed by atoms with Crippen LogP contribution in [-0.2, 0) is 0 Å². The average molecular weight is 346 g/mol. The number of hydrogen-bond acceptors (Lipinski definition) is 2. The van der Waals surface area contributed by atoms with Crippen molar-refractivity contribution in [2.24, 2.45) is 0 Å². The highest BCUT2D eigenvalue weighted by Gasteiger charge is 2.11. The second kappa shape index (κ2) is 4.87. The maximum Gasteiger partial charge on any atom is 0.184 e. The Kier molecular flexibility index (Phi) is 3.46. The molecule has 0 bridgehead atoms. The van der Waals surface area contributed by atoms with E-state index in [2.05, 4.69) is 27.9 Å². The lowest BCUT2D eigenvalue weighted by Gasteiger charge is -2.11. The summed E-state index contributed by atoms with van der Waals surface area (Å²) < 4.78 is 27.6. The molecule has 2 aromatic carbocycles. The molecule has 0 saturated heterocycles. The SMILES string of the molecule is Nc1ccc(F)c(F)c1Nc1cccc(I)c1. The molecule has 2 rings (SSSR count). The molecule has 0 aliphatic carbocycles. The van der Waals surface area contributed by atoms with E-state index in [0.717, 1.165) is 9.64 Å². The molecule has 0 aliphatic heterocycles. The summed E-state index contributed by atoms with van der Waals surface area (Å²) in [6, 6.07) is 9.62. The van der Waals surface area contributed by atoms with Crippen LogP contribution in [0.4, 0.5) is 25.8 Å². The van der Waals surface area contributed by atoms with Crippen LogP contribution in [-0.4, -0.2) is 0 Å². The summed E-state index contributed by atoms with van der Waals surface area (Å²) in [5, 5.41) is 2.78. The van der Waals surface area contributed by atoms with Gasteiger partial charge < -0.3 is 11.1 Å². The van der Waals surface area contributed by atoms with Gasteiger partial charge in [0, 0.05) is 9.26 Å². The number of rotatable bonds is 2. The van der Waals surface area contributed by atoms with Gasteiger partial charge in [-0.15, -0.1) is 0 Å². The third kappa shape index (κ3) is 2.66. The van der Waals surface area contributed by atoms with Gasteiger partial charge in [0.25, 0.3) is 0 Å². The van der Waals surface area contributed by atoms with Gasteiger partial charge in [-0.25, -0.2) is 8.78 Å². The molecule has 5 heteroatoms. The van der Waals surface area contributed by atoms with Crippen molar-refractivity contribution >= 4 is 39.7 Å². The Morgan fingerprint density at radius 3 is 2.59 bits per heavy atom. The lowest BCUT2D eigenvalue weighted by atomic mass is 10.2. The Labute approximate surface area is 111 Å². The standard InChI is InChI=1S/C12H9F2IN2/c13-9-4-5-10(16)12(11(9)14)17-8-3-1-2-7(15)6-8/h1-6,17H,16H2. The zero-order valence-electron chi connectivity index (χ0n) is 8.68. The summed E-state index contributed by atoms with van der Waals surface area (Å²) in [6.45, 7) is 0. The summed E-state index contributed by atoms with van der Waals surface area (Å²) in [5.74, 6) is -1.89. The van der Waals surface area contributed by atoms with E-state index in [1.807, 2.05) is 18.2 Å².